The van der Waals surface area contributed by atoms with Crippen LogP contribution in [0.2, 0.25) is 0 Å². The summed E-state index contributed by atoms with van der Waals surface area (Å²) in [5.41, 5.74) is 1.08. The highest BCUT2D eigenvalue weighted by Gasteiger charge is 2.03. The average molecular weight is 272 g/mol. The minimum Gasteiger partial charge on any atom is -0.478 e. The van der Waals surface area contributed by atoms with Crippen molar-refractivity contribution >= 4 is 16.0 Å². The van der Waals surface area contributed by atoms with Crippen molar-refractivity contribution in [3.8, 4) is 0 Å². The Labute approximate surface area is 106 Å². The van der Waals surface area contributed by atoms with Gasteiger partial charge in [0.05, 0.1) is 11.8 Å². The van der Waals surface area contributed by atoms with Crippen molar-refractivity contribution in [1.29, 1.82) is 0 Å². The molecular weight excluding hydrogens is 256 g/mol. The van der Waals surface area contributed by atoms with Gasteiger partial charge in [0, 0.05) is 19.6 Å². The van der Waals surface area contributed by atoms with Crippen LogP contribution in [0.15, 0.2) is 24.3 Å². The zero-order chi connectivity index (χ0) is 13.6. The number of sulfonamides is 1. The molecule has 18 heavy (non-hydrogen) atoms. The lowest BCUT2D eigenvalue weighted by Crippen LogP contribution is -2.30. The van der Waals surface area contributed by atoms with E-state index < -0.39 is 16.0 Å². The van der Waals surface area contributed by atoms with Crippen LogP contribution in [0.3, 0.4) is 0 Å². The zero-order valence-electron chi connectivity index (χ0n) is 10.0. The van der Waals surface area contributed by atoms with Gasteiger partial charge in [-0.3, -0.25) is 0 Å². The summed E-state index contributed by atoms with van der Waals surface area (Å²) in [5.74, 6) is -0.962. The summed E-state index contributed by atoms with van der Waals surface area (Å²) < 4.78 is 23.9. The predicted molar refractivity (Wildman–Crippen MR) is 68.0 cm³/mol. The quantitative estimate of drug-likeness (QED) is 0.608. The van der Waals surface area contributed by atoms with Crippen LogP contribution in [0.5, 0.6) is 0 Å². The van der Waals surface area contributed by atoms with Gasteiger partial charge in [0.15, 0.2) is 0 Å². The zero-order valence-corrected chi connectivity index (χ0v) is 10.8. The maximum absolute atomic E-state index is 10.8. The summed E-state index contributed by atoms with van der Waals surface area (Å²) in [4.78, 5) is 10.7. The van der Waals surface area contributed by atoms with E-state index in [-0.39, 0.29) is 5.56 Å². The highest BCUT2D eigenvalue weighted by Crippen LogP contribution is 2.04. The van der Waals surface area contributed by atoms with Gasteiger partial charge in [-0.15, -0.1) is 0 Å². The molecule has 0 amide bonds. The summed E-state index contributed by atoms with van der Waals surface area (Å²) in [6.45, 7) is 1.27. The van der Waals surface area contributed by atoms with E-state index in [1.807, 2.05) is 6.07 Å². The third kappa shape index (κ3) is 5.76. The Hall–Kier alpha value is -1.44. The first-order valence-corrected chi connectivity index (χ1v) is 7.25. The maximum Gasteiger partial charge on any atom is 0.335 e. The molecule has 6 nitrogen and oxygen atoms in total. The van der Waals surface area contributed by atoms with Gasteiger partial charge in [0.1, 0.15) is 0 Å². The molecule has 1 rings (SSSR count). The van der Waals surface area contributed by atoms with E-state index in [0.717, 1.165) is 11.8 Å². The molecule has 0 aliphatic rings. The van der Waals surface area contributed by atoms with Crippen molar-refractivity contribution in [3.63, 3.8) is 0 Å². The summed E-state index contributed by atoms with van der Waals surface area (Å²) >= 11 is 0. The normalized spacial score (nSPS) is 11.4. The fraction of sp³-hybridized carbons (Fsp3) is 0.364. The average Bonchev–Trinajstić information content (AvgIpc) is 2.27. The van der Waals surface area contributed by atoms with Crippen LogP contribution in [0.4, 0.5) is 0 Å². The molecule has 0 atom stereocenters. The van der Waals surface area contributed by atoms with E-state index in [4.69, 9.17) is 5.11 Å². The van der Waals surface area contributed by atoms with E-state index in [1.54, 1.807) is 12.1 Å². The lowest BCUT2D eigenvalue weighted by molar-refractivity contribution is 0.0696. The Balaban J connectivity index is 2.36. The van der Waals surface area contributed by atoms with Crippen molar-refractivity contribution in [2.45, 2.75) is 6.54 Å². The molecule has 0 bridgehead atoms. The SMILES string of the molecule is CS(=O)(=O)NCCNCc1cccc(C(=O)O)c1. The minimum absolute atomic E-state index is 0.239. The fourth-order valence-corrected chi connectivity index (χ4v) is 1.84. The van der Waals surface area contributed by atoms with Crippen molar-refractivity contribution in [2.24, 2.45) is 0 Å². The van der Waals surface area contributed by atoms with Gasteiger partial charge in [-0.05, 0) is 17.7 Å². The summed E-state index contributed by atoms with van der Waals surface area (Å²) in [6, 6.07) is 6.59. The lowest BCUT2D eigenvalue weighted by atomic mass is 10.1. The van der Waals surface area contributed by atoms with Gasteiger partial charge < -0.3 is 10.4 Å². The van der Waals surface area contributed by atoms with Crippen LogP contribution in [-0.2, 0) is 16.6 Å². The van der Waals surface area contributed by atoms with Crippen LogP contribution >= 0.6 is 0 Å². The van der Waals surface area contributed by atoms with Crippen molar-refractivity contribution < 1.29 is 18.3 Å². The predicted octanol–water partition coefficient (Wildman–Crippen LogP) is 0.0236. The smallest absolute Gasteiger partial charge is 0.335 e. The van der Waals surface area contributed by atoms with Crippen molar-refractivity contribution in [1.82, 2.24) is 10.0 Å². The molecule has 0 aromatic heterocycles. The Morgan fingerprint density at radius 3 is 2.67 bits per heavy atom. The number of carboxylic acid groups (broad SMARTS) is 1. The lowest BCUT2D eigenvalue weighted by Gasteiger charge is -2.06. The second-order valence-corrected chi connectivity index (χ2v) is 5.68. The number of aromatic carboxylic acids is 1. The molecule has 0 spiro atoms. The molecule has 1 aromatic rings. The van der Waals surface area contributed by atoms with E-state index in [0.29, 0.717) is 19.6 Å². The number of nitrogens with one attached hydrogen (secondary N) is 2. The number of benzene rings is 1. The monoisotopic (exact) mass is 272 g/mol. The largest absolute Gasteiger partial charge is 0.478 e. The van der Waals surface area contributed by atoms with E-state index in [2.05, 4.69) is 10.0 Å². The molecule has 1 aromatic carbocycles. The molecule has 0 unspecified atom stereocenters. The van der Waals surface area contributed by atoms with Crippen LogP contribution in [0.25, 0.3) is 0 Å². The molecule has 0 saturated heterocycles. The molecule has 0 aliphatic carbocycles. The fourth-order valence-electron chi connectivity index (χ4n) is 1.37. The summed E-state index contributed by atoms with van der Waals surface area (Å²) in [6.07, 6.45) is 1.10. The molecule has 0 saturated carbocycles. The first-order chi connectivity index (χ1) is 8.38. The second-order valence-electron chi connectivity index (χ2n) is 3.85. The highest BCUT2D eigenvalue weighted by molar-refractivity contribution is 7.88. The molecule has 0 fully saturated rings. The van der Waals surface area contributed by atoms with E-state index >= 15 is 0 Å². The molecule has 0 aliphatic heterocycles. The van der Waals surface area contributed by atoms with Gasteiger partial charge in [-0.2, -0.15) is 0 Å². The number of rotatable bonds is 7. The number of hydrogen-bond acceptors (Lipinski definition) is 4. The van der Waals surface area contributed by atoms with Crippen LogP contribution in [-0.4, -0.2) is 38.8 Å². The Morgan fingerprint density at radius 1 is 1.33 bits per heavy atom. The van der Waals surface area contributed by atoms with Gasteiger partial charge in [0.2, 0.25) is 10.0 Å². The highest BCUT2D eigenvalue weighted by atomic mass is 32.2. The van der Waals surface area contributed by atoms with Crippen LogP contribution < -0.4 is 10.0 Å². The van der Waals surface area contributed by atoms with E-state index in [1.165, 1.54) is 6.07 Å². The first kappa shape index (κ1) is 14.6. The third-order valence-electron chi connectivity index (χ3n) is 2.17. The van der Waals surface area contributed by atoms with E-state index in [9.17, 15) is 13.2 Å². The molecule has 0 radical (unpaired) electrons. The Kier molecular flexibility index (Phi) is 5.26. The Bertz CT molecular complexity index is 514. The summed E-state index contributed by atoms with van der Waals surface area (Å²) in [7, 11) is -3.15. The van der Waals surface area contributed by atoms with Gasteiger partial charge >= 0.3 is 5.97 Å². The van der Waals surface area contributed by atoms with Gasteiger partial charge in [-0.1, -0.05) is 12.1 Å². The van der Waals surface area contributed by atoms with Gasteiger partial charge in [-0.25, -0.2) is 17.9 Å². The first-order valence-electron chi connectivity index (χ1n) is 5.36. The van der Waals surface area contributed by atoms with Crippen LogP contribution in [0.1, 0.15) is 15.9 Å². The summed E-state index contributed by atoms with van der Waals surface area (Å²) in [5, 5.41) is 11.8. The van der Waals surface area contributed by atoms with Crippen LogP contribution in [0, 0.1) is 0 Å². The van der Waals surface area contributed by atoms with Gasteiger partial charge in [0.25, 0.3) is 0 Å². The Morgan fingerprint density at radius 2 is 2.06 bits per heavy atom. The molecule has 100 valence electrons. The molecule has 7 heteroatoms. The minimum atomic E-state index is -3.15. The second kappa shape index (κ2) is 6.48. The third-order valence-corrected chi connectivity index (χ3v) is 2.90. The number of carbonyl (C=O) groups is 1. The molecule has 0 heterocycles. The number of carboxylic acids is 1. The maximum atomic E-state index is 10.8. The van der Waals surface area contributed by atoms with Crippen molar-refractivity contribution in [3.05, 3.63) is 35.4 Å². The van der Waals surface area contributed by atoms with Crippen molar-refractivity contribution in [2.75, 3.05) is 19.3 Å². The standard InChI is InChI=1S/C11H16N2O4S/c1-18(16,17)13-6-5-12-8-9-3-2-4-10(7-9)11(14)15/h2-4,7,12-13H,5-6,8H2,1H3,(H,14,15). The molecular formula is C11H16N2O4S. The topological polar surface area (TPSA) is 95.5 Å². The number of hydrogen-bond donors (Lipinski definition) is 3. The molecule has 3 N–H and O–H groups in total.